The van der Waals surface area contributed by atoms with Gasteiger partial charge in [-0.1, -0.05) is 60.1 Å². The number of benzene rings is 3. The summed E-state index contributed by atoms with van der Waals surface area (Å²) in [5, 5.41) is 3.36. The number of rotatable bonds is 3. The molecule has 0 saturated carbocycles. The fourth-order valence-electron chi connectivity index (χ4n) is 3.63. The standard InChI is InChI=1S/C24H22ClN3O2/c1-17-23(29)28(22-12-10-19(11-13-22)18-6-3-2-4-7-18)15-14-27(17)24(30)26-21-9-5-8-20(25)16-21/h2-13,16-17H,14-15H2,1H3,(H,26,30)/t17-/m1/s1. The maximum absolute atomic E-state index is 13.0. The first-order valence-electron chi connectivity index (χ1n) is 9.83. The van der Waals surface area contributed by atoms with Crippen LogP contribution in [0, 0.1) is 0 Å². The first kappa shape index (κ1) is 20.0. The molecule has 0 aromatic heterocycles. The maximum Gasteiger partial charge on any atom is 0.322 e. The number of carbonyl (C=O) groups excluding carboxylic acids is 2. The predicted molar refractivity (Wildman–Crippen MR) is 121 cm³/mol. The van der Waals surface area contributed by atoms with E-state index in [0.717, 1.165) is 16.8 Å². The molecule has 1 atom stereocenters. The van der Waals surface area contributed by atoms with Crippen molar-refractivity contribution >= 4 is 34.9 Å². The Balaban J connectivity index is 1.45. The fraction of sp³-hybridized carbons (Fsp3) is 0.167. The van der Waals surface area contributed by atoms with Gasteiger partial charge in [-0.2, -0.15) is 0 Å². The van der Waals surface area contributed by atoms with Crippen molar-refractivity contribution in [3.63, 3.8) is 0 Å². The summed E-state index contributed by atoms with van der Waals surface area (Å²) in [5.74, 6) is -0.102. The van der Waals surface area contributed by atoms with E-state index in [0.29, 0.717) is 23.8 Å². The molecule has 3 aromatic rings. The highest BCUT2D eigenvalue weighted by Crippen LogP contribution is 2.26. The average Bonchev–Trinajstić information content (AvgIpc) is 2.76. The second-order valence-electron chi connectivity index (χ2n) is 7.21. The van der Waals surface area contributed by atoms with Crippen LogP contribution in [0.1, 0.15) is 6.92 Å². The monoisotopic (exact) mass is 419 g/mol. The van der Waals surface area contributed by atoms with Gasteiger partial charge in [-0.15, -0.1) is 0 Å². The third-order valence-electron chi connectivity index (χ3n) is 5.28. The Bertz CT molecular complexity index is 1050. The molecule has 6 heteroatoms. The Labute approximate surface area is 180 Å². The second kappa shape index (κ2) is 8.59. The molecule has 0 radical (unpaired) electrons. The van der Waals surface area contributed by atoms with Crippen molar-refractivity contribution in [1.82, 2.24) is 4.90 Å². The summed E-state index contributed by atoms with van der Waals surface area (Å²) in [6.45, 7) is 2.64. The molecule has 1 N–H and O–H groups in total. The number of urea groups is 1. The Morgan fingerprint density at radius 1 is 0.933 bits per heavy atom. The van der Waals surface area contributed by atoms with Crippen molar-refractivity contribution in [2.45, 2.75) is 13.0 Å². The minimum absolute atomic E-state index is 0.102. The lowest BCUT2D eigenvalue weighted by Crippen LogP contribution is -2.58. The van der Waals surface area contributed by atoms with Crippen LogP contribution < -0.4 is 10.2 Å². The molecule has 1 saturated heterocycles. The first-order valence-corrected chi connectivity index (χ1v) is 10.2. The molecule has 0 unspecified atom stereocenters. The van der Waals surface area contributed by atoms with Crippen LogP contribution in [0.2, 0.25) is 5.02 Å². The quantitative estimate of drug-likeness (QED) is 0.628. The van der Waals surface area contributed by atoms with E-state index in [1.807, 2.05) is 42.5 Å². The van der Waals surface area contributed by atoms with E-state index in [2.05, 4.69) is 17.4 Å². The molecule has 5 nitrogen and oxygen atoms in total. The van der Waals surface area contributed by atoms with Gasteiger partial charge in [0.1, 0.15) is 6.04 Å². The summed E-state index contributed by atoms with van der Waals surface area (Å²) in [6, 6.07) is 24.1. The normalized spacial score (nSPS) is 16.5. The summed E-state index contributed by atoms with van der Waals surface area (Å²) in [5.41, 5.74) is 3.66. The average molecular weight is 420 g/mol. The Hall–Kier alpha value is -3.31. The fourth-order valence-corrected chi connectivity index (χ4v) is 3.82. The Morgan fingerprint density at radius 3 is 2.33 bits per heavy atom. The van der Waals surface area contributed by atoms with E-state index in [1.54, 1.807) is 41.0 Å². The van der Waals surface area contributed by atoms with Gasteiger partial charge in [0.25, 0.3) is 0 Å². The van der Waals surface area contributed by atoms with Crippen LogP contribution >= 0.6 is 11.6 Å². The van der Waals surface area contributed by atoms with Crippen molar-refractivity contribution < 1.29 is 9.59 Å². The molecular formula is C24H22ClN3O2. The lowest BCUT2D eigenvalue weighted by molar-refractivity contribution is -0.123. The highest BCUT2D eigenvalue weighted by Gasteiger charge is 2.35. The van der Waals surface area contributed by atoms with Crippen molar-refractivity contribution in [2.24, 2.45) is 0 Å². The van der Waals surface area contributed by atoms with Gasteiger partial charge in [-0.25, -0.2) is 4.79 Å². The van der Waals surface area contributed by atoms with E-state index < -0.39 is 6.04 Å². The highest BCUT2D eigenvalue weighted by atomic mass is 35.5. The summed E-state index contributed by atoms with van der Waals surface area (Å²) >= 11 is 5.98. The minimum atomic E-state index is -0.563. The van der Waals surface area contributed by atoms with Gasteiger partial charge in [-0.05, 0) is 48.4 Å². The third-order valence-corrected chi connectivity index (χ3v) is 5.51. The molecule has 1 aliphatic heterocycles. The van der Waals surface area contributed by atoms with Gasteiger partial charge in [0.15, 0.2) is 0 Å². The lowest BCUT2D eigenvalue weighted by atomic mass is 10.0. The van der Waals surface area contributed by atoms with E-state index in [9.17, 15) is 9.59 Å². The smallest absolute Gasteiger partial charge is 0.311 e. The zero-order valence-electron chi connectivity index (χ0n) is 16.6. The zero-order valence-corrected chi connectivity index (χ0v) is 17.3. The molecule has 0 spiro atoms. The topological polar surface area (TPSA) is 52.7 Å². The Morgan fingerprint density at radius 2 is 1.63 bits per heavy atom. The van der Waals surface area contributed by atoms with Gasteiger partial charge in [-0.3, -0.25) is 4.79 Å². The molecule has 0 aliphatic carbocycles. The first-order chi connectivity index (χ1) is 14.5. The summed E-state index contributed by atoms with van der Waals surface area (Å²) in [7, 11) is 0. The number of amides is 3. The van der Waals surface area contributed by atoms with E-state index in [-0.39, 0.29) is 11.9 Å². The van der Waals surface area contributed by atoms with E-state index >= 15 is 0 Å². The summed E-state index contributed by atoms with van der Waals surface area (Å²) in [4.78, 5) is 29.0. The molecule has 152 valence electrons. The molecule has 30 heavy (non-hydrogen) atoms. The molecule has 1 aliphatic rings. The number of nitrogens with zero attached hydrogens (tertiary/aromatic N) is 2. The predicted octanol–water partition coefficient (Wildman–Crippen LogP) is 5.28. The number of nitrogens with one attached hydrogen (secondary N) is 1. The van der Waals surface area contributed by atoms with Crippen LogP contribution in [0.5, 0.6) is 0 Å². The number of hydrogen-bond acceptors (Lipinski definition) is 2. The zero-order chi connectivity index (χ0) is 21.1. The molecule has 3 aromatic carbocycles. The van der Waals surface area contributed by atoms with Crippen LogP contribution in [0.4, 0.5) is 16.2 Å². The number of carbonyl (C=O) groups is 2. The molecule has 1 heterocycles. The van der Waals surface area contributed by atoms with Gasteiger partial charge in [0.05, 0.1) is 0 Å². The molecule has 1 fully saturated rings. The van der Waals surface area contributed by atoms with Crippen LogP contribution in [-0.4, -0.2) is 36.0 Å². The minimum Gasteiger partial charge on any atom is -0.311 e. The number of piperazine rings is 1. The van der Waals surface area contributed by atoms with E-state index in [1.165, 1.54) is 0 Å². The largest absolute Gasteiger partial charge is 0.322 e. The number of anilines is 2. The molecule has 3 amide bonds. The van der Waals surface area contributed by atoms with Crippen molar-refractivity contribution in [3.8, 4) is 11.1 Å². The highest BCUT2D eigenvalue weighted by molar-refractivity contribution is 6.30. The van der Waals surface area contributed by atoms with Crippen molar-refractivity contribution in [2.75, 3.05) is 23.3 Å². The van der Waals surface area contributed by atoms with Gasteiger partial charge >= 0.3 is 6.03 Å². The van der Waals surface area contributed by atoms with E-state index in [4.69, 9.17) is 11.6 Å². The van der Waals surface area contributed by atoms with Gasteiger partial charge in [0.2, 0.25) is 5.91 Å². The summed E-state index contributed by atoms with van der Waals surface area (Å²) in [6.07, 6.45) is 0. The molecule has 0 bridgehead atoms. The van der Waals surface area contributed by atoms with Gasteiger partial charge in [0, 0.05) is 29.5 Å². The third kappa shape index (κ3) is 4.16. The maximum atomic E-state index is 13.0. The number of halogens is 1. The van der Waals surface area contributed by atoms with Crippen LogP contribution in [0.15, 0.2) is 78.9 Å². The van der Waals surface area contributed by atoms with Gasteiger partial charge < -0.3 is 15.1 Å². The summed E-state index contributed by atoms with van der Waals surface area (Å²) < 4.78 is 0. The lowest BCUT2D eigenvalue weighted by Gasteiger charge is -2.39. The number of hydrogen-bond donors (Lipinski definition) is 1. The van der Waals surface area contributed by atoms with Crippen molar-refractivity contribution in [1.29, 1.82) is 0 Å². The SMILES string of the molecule is C[C@@H]1C(=O)N(c2ccc(-c3ccccc3)cc2)CCN1C(=O)Nc1cccc(Cl)c1. The second-order valence-corrected chi connectivity index (χ2v) is 7.65. The molecule has 4 rings (SSSR count). The molecular weight excluding hydrogens is 398 g/mol. The van der Waals surface area contributed by atoms with Crippen LogP contribution in [0.3, 0.4) is 0 Å². The van der Waals surface area contributed by atoms with Crippen molar-refractivity contribution in [3.05, 3.63) is 83.9 Å². The van der Waals surface area contributed by atoms with Crippen LogP contribution in [0.25, 0.3) is 11.1 Å². The Kier molecular flexibility index (Phi) is 5.72. The van der Waals surface area contributed by atoms with Crippen LogP contribution in [-0.2, 0) is 4.79 Å².